The van der Waals surface area contributed by atoms with Gasteiger partial charge in [0, 0.05) is 6.92 Å². The molecule has 0 atom stereocenters. The largest absolute Gasteiger partial charge is 0.481 e. The van der Waals surface area contributed by atoms with E-state index in [1.807, 2.05) is 0 Å². The van der Waals surface area contributed by atoms with Crippen LogP contribution in [0.2, 0.25) is 15.8 Å². The van der Waals surface area contributed by atoms with Crippen molar-refractivity contribution in [3.63, 3.8) is 0 Å². The average molecular weight is 174 g/mol. The van der Waals surface area contributed by atoms with E-state index in [1.165, 1.54) is 15.8 Å². The van der Waals surface area contributed by atoms with E-state index in [9.17, 15) is 0 Å². The van der Waals surface area contributed by atoms with Gasteiger partial charge in [0.15, 0.2) is 0 Å². The molecule has 66 valence electrons. The van der Waals surface area contributed by atoms with Crippen LogP contribution in [0.25, 0.3) is 0 Å². The Morgan fingerprint density at radius 3 is 1.36 bits per heavy atom. The van der Waals surface area contributed by atoms with Crippen molar-refractivity contribution in [1.29, 1.82) is 0 Å². The molecule has 0 saturated heterocycles. The van der Waals surface area contributed by atoms with Crippen LogP contribution in [-0.2, 0) is 4.79 Å². The lowest BCUT2D eigenvalue weighted by Crippen LogP contribution is -2.04. The second-order valence-corrected chi connectivity index (χ2v) is 6.79. The Bertz CT molecular complexity index is 80.6. The zero-order chi connectivity index (χ0) is 9.28. The van der Waals surface area contributed by atoms with Gasteiger partial charge in [0.1, 0.15) is 0 Å². The minimum atomic E-state index is -0.833. The van der Waals surface area contributed by atoms with Gasteiger partial charge in [0.25, 0.3) is 20.1 Å². The minimum Gasteiger partial charge on any atom is -0.481 e. The first-order valence-electron chi connectivity index (χ1n) is 4.27. The summed E-state index contributed by atoms with van der Waals surface area (Å²) in [5, 5.41) is 11.9. The van der Waals surface area contributed by atoms with Gasteiger partial charge in [-0.15, -0.1) is 0 Å². The van der Waals surface area contributed by atoms with Gasteiger partial charge >= 0.3 is 0 Å². The Labute approximate surface area is 74.0 Å². The maximum Gasteiger partial charge on any atom is 0.300 e. The Balaban J connectivity index is 0. The third-order valence-corrected chi connectivity index (χ3v) is 5.20. The van der Waals surface area contributed by atoms with E-state index in [0.29, 0.717) is 0 Å². The van der Waals surface area contributed by atoms with Gasteiger partial charge in [0.2, 0.25) is 0 Å². The monoisotopic (exact) mass is 174 g/mol. The third-order valence-electron chi connectivity index (χ3n) is 1.73. The highest BCUT2D eigenvalue weighted by Gasteiger charge is 2.05. The first kappa shape index (κ1) is 13.6. The molecule has 0 rings (SSSR count). The van der Waals surface area contributed by atoms with E-state index in [1.54, 1.807) is 0 Å². The molecule has 0 saturated carbocycles. The highest BCUT2D eigenvalue weighted by Crippen LogP contribution is 2.01. The fourth-order valence-corrected chi connectivity index (χ4v) is 2.60. The number of carboxylic acids is 1. The molecule has 0 fully saturated rings. The first-order chi connectivity index (χ1) is 5.08. The Kier molecular flexibility index (Phi) is 12.4. The summed E-state index contributed by atoms with van der Waals surface area (Å²) in [5.74, 6) is -0.833. The van der Waals surface area contributed by atoms with Crippen molar-refractivity contribution in [3.8, 4) is 0 Å². The fraction of sp³-hybridized carbons (Fsp3) is 0.875. The molecule has 11 heavy (non-hydrogen) atoms. The zero-order valence-electron chi connectivity index (χ0n) is 8.05. The summed E-state index contributed by atoms with van der Waals surface area (Å²) in [6.07, 6.45) is 0. The standard InChI is InChI=1S/C2H4O2.3C2H5.Al/c1-2(3)4;3*1-2;/h1H3,(H,3,4);3*1H2,2H3;. The van der Waals surface area contributed by atoms with Crippen molar-refractivity contribution in [2.75, 3.05) is 0 Å². The van der Waals surface area contributed by atoms with E-state index in [2.05, 4.69) is 20.8 Å². The van der Waals surface area contributed by atoms with Crippen LogP contribution in [-0.4, -0.2) is 25.2 Å². The van der Waals surface area contributed by atoms with Gasteiger partial charge in [-0.25, -0.2) is 0 Å². The topological polar surface area (TPSA) is 37.3 Å². The molecule has 0 aliphatic heterocycles. The van der Waals surface area contributed by atoms with Gasteiger partial charge < -0.3 is 5.11 Å². The Hall–Kier alpha value is 0.00247. The van der Waals surface area contributed by atoms with E-state index in [4.69, 9.17) is 9.90 Å². The summed E-state index contributed by atoms with van der Waals surface area (Å²) in [5.41, 5.74) is 0. The molecule has 0 aliphatic rings. The second-order valence-electron chi connectivity index (χ2n) is 2.61. The van der Waals surface area contributed by atoms with Crippen molar-refractivity contribution in [1.82, 2.24) is 0 Å². The van der Waals surface area contributed by atoms with Crippen molar-refractivity contribution in [2.24, 2.45) is 0 Å². The summed E-state index contributed by atoms with van der Waals surface area (Å²) in [4.78, 5) is 9.00. The predicted molar refractivity (Wildman–Crippen MR) is 50.5 cm³/mol. The van der Waals surface area contributed by atoms with Gasteiger partial charge in [-0.1, -0.05) is 36.6 Å². The van der Waals surface area contributed by atoms with Crippen LogP contribution in [0.3, 0.4) is 0 Å². The number of carboxylic acid groups (broad SMARTS) is 1. The molecule has 0 amide bonds. The first-order valence-corrected chi connectivity index (χ1v) is 6.72. The number of hydrogen-bond acceptors (Lipinski definition) is 1. The SMILES string of the molecule is CC(=O)O.C[CH2][Al]([CH2]C)[CH2]C. The quantitative estimate of drug-likeness (QED) is 0.668. The summed E-state index contributed by atoms with van der Waals surface area (Å²) < 4.78 is 0. The lowest BCUT2D eigenvalue weighted by molar-refractivity contribution is -0.134. The predicted octanol–water partition coefficient (Wildman–Crippen LogP) is 2.63. The van der Waals surface area contributed by atoms with Crippen LogP contribution in [0.15, 0.2) is 0 Å². The maximum atomic E-state index is 9.00. The molecule has 0 bridgehead atoms. The number of rotatable bonds is 3. The second kappa shape index (κ2) is 10.0. The summed E-state index contributed by atoms with van der Waals surface area (Å²) in [7, 11) is 0. The van der Waals surface area contributed by atoms with E-state index < -0.39 is 5.97 Å². The zero-order valence-corrected chi connectivity index (χ0v) is 9.21. The van der Waals surface area contributed by atoms with Crippen LogP contribution in [0, 0.1) is 0 Å². The molecule has 0 unspecified atom stereocenters. The van der Waals surface area contributed by atoms with Gasteiger partial charge in [-0.05, 0) is 0 Å². The molecular formula is C8H19AlO2. The average Bonchev–Trinajstić information content (AvgIpc) is 1.90. The molecular weight excluding hydrogens is 155 g/mol. The summed E-state index contributed by atoms with van der Waals surface area (Å²) in [6.45, 7) is 8.05. The number of carbonyl (C=O) groups is 1. The molecule has 0 aromatic rings. The van der Waals surface area contributed by atoms with Crippen LogP contribution in [0.1, 0.15) is 27.7 Å². The van der Waals surface area contributed by atoms with Crippen LogP contribution in [0.4, 0.5) is 0 Å². The molecule has 0 aliphatic carbocycles. The molecule has 1 N–H and O–H groups in total. The van der Waals surface area contributed by atoms with Crippen LogP contribution < -0.4 is 0 Å². The fourth-order valence-electron chi connectivity index (χ4n) is 0.866. The highest BCUT2D eigenvalue weighted by atomic mass is 27.2. The van der Waals surface area contributed by atoms with E-state index in [0.717, 1.165) is 6.92 Å². The van der Waals surface area contributed by atoms with Crippen molar-refractivity contribution < 1.29 is 9.90 Å². The summed E-state index contributed by atoms with van der Waals surface area (Å²) >= 11 is -0.171. The van der Waals surface area contributed by atoms with E-state index >= 15 is 0 Å². The van der Waals surface area contributed by atoms with Crippen molar-refractivity contribution in [3.05, 3.63) is 0 Å². The number of aliphatic carboxylic acids is 1. The molecule has 0 heterocycles. The minimum absolute atomic E-state index is 0.171. The van der Waals surface area contributed by atoms with Crippen molar-refractivity contribution >= 4 is 20.1 Å². The third kappa shape index (κ3) is 17.8. The normalized spacial score (nSPS) is 8.00. The molecule has 0 aromatic carbocycles. The molecule has 0 spiro atoms. The molecule has 3 heteroatoms. The van der Waals surface area contributed by atoms with E-state index in [-0.39, 0.29) is 14.1 Å². The Morgan fingerprint density at radius 2 is 1.36 bits per heavy atom. The lowest BCUT2D eigenvalue weighted by Gasteiger charge is -1.97. The molecule has 0 aromatic heterocycles. The molecule has 0 radical (unpaired) electrons. The van der Waals surface area contributed by atoms with Crippen LogP contribution >= 0.6 is 0 Å². The Morgan fingerprint density at radius 1 is 1.18 bits per heavy atom. The van der Waals surface area contributed by atoms with Gasteiger partial charge in [-0.2, -0.15) is 0 Å². The lowest BCUT2D eigenvalue weighted by atomic mass is 10.9. The maximum absolute atomic E-state index is 9.00. The van der Waals surface area contributed by atoms with Crippen LogP contribution in [0.5, 0.6) is 0 Å². The summed E-state index contributed by atoms with van der Waals surface area (Å²) in [6, 6.07) is 0. The smallest absolute Gasteiger partial charge is 0.300 e. The highest BCUT2D eigenvalue weighted by molar-refractivity contribution is 6.58. The van der Waals surface area contributed by atoms with Gasteiger partial charge in [0.05, 0.1) is 0 Å². The van der Waals surface area contributed by atoms with Crippen molar-refractivity contribution in [2.45, 2.75) is 43.5 Å². The molecule has 2 nitrogen and oxygen atoms in total. The van der Waals surface area contributed by atoms with Gasteiger partial charge in [-0.3, -0.25) is 4.79 Å². The number of hydrogen-bond donors (Lipinski definition) is 1.